The quantitative estimate of drug-likeness (QED) is 0.318. The van der Waals surface area contributed by atoms with Crippen molar-refractivity contribution in [3.8, 4) is 0 Å². The maximum absolute atomic E-state index is 13.0. The number of para-hydroxylation sites is 2. The third kappa shape index (κ3) is 3.25. The lowest BCUT2D eigenvalue weighted by atomic mass is 10.2. The number of amides is 1. The highest BCUT2D eigenvalue weighted by Gasteiger charge is 2.16. The van der Waals surface area contributed by atoms with Crippen LogP contribution in [-0.4, -0.2) is 31.2 Å². The zero-order chi connectivity index (χ0) is 20.7. The van der Waals surface area contributed by atoms with E-state index in [1.165, 1.54) is 23.1 Å². The Balaban J connectivity index is 1.42. The predicted octanol–water partition coefficient (Wildman–Crippen LogP) is 4.24. The van der Waals surface area contributed by atoms with E-state index >= 15 is 0 Å². The summed E-state index contributed by atoms with van der Waals surface area (Å²) in [6.45, 7) is 2.36. The third-order valence-corrected chi connectivity index (χ3v) is 6.69. The number of thioether (sulfide) groups is 1. The summed E-state index contributed by atoms with van der Waals surface area (Å²) in [4.78, 5) is 37.7. The van der Waals surface area contributed by atoms with Crippen molar-refractivity contribution in [2.45, 2.75) is 18.6 Å². The minimum atomic E-state index is -0.185. The van der Waals surface area contributed by atoms with Crippen molar-refractivity contribution in [2.75, 3.05) is 11.1 Å². The van der Waals surface area contributed by atoms with Crippen LogP contribution in [0.3, 0.4) is 0 Å². The van der Waals surface area contributed by atoms with Gasteiger partial charge >= 0.3 is 0 Å². The molecule has 9 heteroatoms. The molecule has 3 heterocycles. The summed E-state index contributed by atoms with van der Waals surface area (Å²) in [6.07, 6.45) is 0. The van der Waals surface area contributed by atoms with Crippen LogP contribution >= 0.6 is 23.1 Å². The Kier molecular flexibility index (Phi) is 4.76. The second-order valence-corrected chi connectivity index (χ2v) is 8.63. The molecule has 0 aliphatic heterocycles. The first-order valence-electron chi connectivity index (χ1n) is 9.43. The summed E-state index contributed by atoms with van der Waals surface area (Å²) in [6, 6.07) is 15.4. The number of nitrogens with zero attached hydrogens (tertiary/aromatic N) is 3. The molecule has 5 rings (SSSR count). The van der Waals surface area contributed by atoms with Gasteiger partial charge in [0.15, 0.2) is 10.3 Å². The summed E-state index contributed by atoms with van der Waals surface area (Å²) >= 11 is 2.68. The van der Waals surface area contributed by atoms with E-state index in [1.54, 1.807) is 4.57 Å². The highest BCUT2D eigenvalue weighted by molar-refractivity contribution is 7.99. The number of thiazole rings is 1. The molecule has 7 nitrogen and oxygen atoms in total. The van der Waals surface area contributed by atoms with Crippen LogP contribution in [0.1, 0.15) is 6.92 Å². The van der Waals surface area contributed by atoms with E-state index in [1.807, 2.05) is 55.5 Å². The second kappa shape index (κ2) is 7.58. The van der Waals surface area contributed by atoms with Crippen molar-refractivity contribution in [3.05, 3.63) is 58.9 Å². The van der Waals surface area contributed by atoms with Gasteiger partial charge < -0.3 is 10.3 Å². The van der Waals surface area contributed by atoms with Gasteiger partial charge in [0.2, 0.25) is 5.91 Å². The summed E-state index contributed by atoms with van der Waals surface area (Å²) in [5.41, 5.74) is 2.72. The molecule has 0 aliphatic rings. The fourth-order valence-corrected chi connectivity index (χ4v) is 5.11. The molecule has 0 bridgehead atoms. The molecular formula is C21H17N5O2S2. The monoisotopic (exact) mass is 435 g/mol. The Morgan fingerprint density at radius 1 is 1.17 bits per heavy atom. The molecule has 0 atom stereocenters. The van der Waals surface area contributed by atoms with E-state index in [9.17, 15) is 9.59 Å². The van der Waals surface area contributed by atoms with Gasteiger partial charge in [0.05, 0.1) is 16.0 Å². The smallest absolute Gasteiger partial charge is 0.278 e. The van der Waals surface area contributed by atoms with Crippen molar-refractivity contribution in [1.29, 1.82) is 0 Å². The van der Waals surface area contributed by atoms with Crippen LogP contribution in [0.4, 0.5) is 5.13 Å². The van der Waals surface area contributed by atoms with Crippen molar-refractivity contribution >= 4 is 66.3 Å². The maximum atomic E-state index is 13.0. The van der Waals surface area contributed by atoms with Gasteiger partial charge in [-0.05, 0) is 25.1 Å². The van der Waals surface area contributed by atoms with Crippen LogP contribution in [0, 0.1) is 0 Å². The molecule has 0 radical (unpaired) electrons. The normalized spacial score (nSPS) is 11.5. The molecule has 150 valence electrons. The van der Waals surface area contributed by atoms with Gasteiger partial charge in [0, 0.05) is 17.4 Å². The molecule has 3 aromatic heterocycles. The highest BCUT2D eigenvalue weighted by atomic mass is 32.2. The van der Waals surface area contributed by atoms with Gasteiger partial charge in [0.25, 0.3) is 5.56 Å². The van der Waals surface area contributed by atoms with Crippen molar-refractivity contribution in [1.82, 2.24) is 19.5 Å². The Morgan fingerprint density at radius 2 is 1.97 bits per heavy atom. The van der Waals surface area contributed by atoms with Gasteiger partial charge in [-0.25, -0.2) is 9.97 Å². The fraction of sp³-hybridized carbons (Fsp3) is 0.143. The van der Waals surface area contributed by atoms with E-state index in [-0.39, 0.29) is 17.2 Å². The van der Waals surface area contributed by atoms with Crippen molar-refractivity contribution < 1.29 is 4.79 Å². The van der Waals surface area contributed by atoms with Crippen LogP contribution in [0.25, 0.3) is 32.2 Å². The summed E-state index contributed by atoms with van der Waals surface area (Å²) < 4.78 is 2.61. The number of carbonyl (C=O) groups is 1. The summed E-state index contributed by atoms with van der Waals surface area (Å²) in [5.74, 6) is -0.0501. The fourth-order valence-electron chi connectivity index (χ4n) is 3.38. The van der Waals surface area contributed by atoms with Gasteiger partial charge in [-0.1, -0.05) is 53.4 Å². The zero-order valence-electron chi connectivity index (χ0n) is 16.0. The Hall–Kier alpha value is -3.17. The average molecular weight is 436 g/mol. The number of rotatable bonds is 5. The number of H-pyrrole nitrogens is 1. The summed E-state index contributed by atoms with van der Waals surface area (Å²) in [5, 5.41) is 4.83. The standard InChI is InChI=1S/C21H17N5O2S2/c1-2-26-19(28)18-17(12-7-3-4-8-13(12)22-18)25-21(26)29-11-16(27)24-20-23-14-9-5-6-10-15(14)30-20/h3-10,22H,2,11H2,1H3,(H,23,24,27). The van der Waals surface area contributed by atoms with Crippen molar-refractivity contribution in [2.24, 2.45) is 0 Å². The van der Waals surface area contributed by atoms with E-state index in [4.69, 9.17) is 4.98 Å². The Morgan fingerprint density at radius 3 is 2.80 bits per heavy atom. The van der Waals surface area contributed by atoms with Crippen LogP contribution < -0.4 is 10.9 Å². The topological polar surface area (TPSA) is 92.7 Å². The second-order valence-electron chi connectivity index (χ2n) is 6.66. The van der Waals surface area contributed by atoms with Gasteiger partial charge in [0.1, 0.15) is 11.0 Å². The first-order chi connectivity index (χ1) is 14.6. The van der Waals surface area contributed by atoms with Crippen molar-refractivity contribution in [3.63, 3.8) is 0 Å². The van der Waals surface area contributed by atoms with Crippen LogP contribution in [0.2, 0.25) is 0 Å². The molecule has 0 saturated heterocycles. The Bertz CT molecular complexity index is 1430. The molecule has 0 unspecified atom stereocenters. The lowest BCUT2D eigenvalue weighted by Gasteiger charge is -2.09. The molecule has 0 spiro atoms. The van der Waals surface area contributed by atoms with E-state index < -0.39 is 0 Å². The zero-order valence-corrected chi connectivity index (χ0v) is 17.6. The van der Waals surface area contributed by atoms with Gasteiger partial charge in [-0.3, -0.25) is 14.2 Å². The van der Waals surface area contributed by atoms with Gasteiger partial charge in [-0.2, -0.15) is 0 Å². The minimum absolute atomic E-state index is 0.132. The number of anilines is 1. The van der Waals surface area contributed by atoms with Crippen LogP contribution in [0.5, 0.6) is 0 Å². The number of nitrogens with one attached hydrogen (secondary N) is 2. The third-order valence-electron chi connectivity index (χ3n) is 4.76. The molecule has 2 N–H and O–H groups in total. The first-order valence-corrected chi connectivity index (χ1v) is 11.2. The first kappa shape index (κ1) is 18.8. The predicted molar refractivity (Wildman–Crippen MR) is 123 cm³/mol. The number of hydrogen-bond acceptors (Lipinski definition) is 6. The SMILES string of the molecule is CCn1c(SCC(=O)Nc2nc3ccccc3s2)nc2c([nH]c3ccccc32)c1=O. The summed E-state index contributed by atoms with van der Waals surface area (Å²) in [7, 11) is 0. The Labute approximate surface area is 179 Å². The molecule has 0 saturated carbocycles. The number of aromatic amines is 1. The van der Waals surface area contributed by atoms with E-state index in [2.05, 4.69) is 15.3 Å². The molecule has 1 amide bonds. The molecule has 30 heavy (non-hydrogen) atoms. The molecule has 0 fully saturated rings. The van der Waals surface area contributed by atoms with E-state index in [0.29, 0.717) is 27.9 Å². The molecule has 5 aromatic rings. The number of fused-ring (bicyclic) bond motifs is 4. The number of carbonyl (C=O) groups excluding carboxylic acids is 1. The van der Waals surface area contributed by atoms with Crippen LogP contribution in [0.15, 0.2) is 58.5 Å². The lowest BCUT2D eigenvalue weighted by molar-refractivity contribution is -0.113. The maximum Gasteiger partial charge on any atom is 0.278 e. The van der Waals surface area contributed by atoms with E-state index in [0.717, 1.165) is 21.1 Å². The van der Waals surface area contributed by atoms with Gasteiger partial charge in [-0.15, -0.1) is 0 Å². The molecule has 2 aromatic carbocycles. The number of hydrogen-bond donors (Lipinski definition) is 2. The molecular weight excluding hydrogens is 418 g/mol. The number of benzene rings is 2. The molecule has 0 aliphatic carbocycles. The number of aromatic nitrogens is 4. The van der Waals surface area contributed by atoms with Crippen LogP contribution in [-0.2, 0) is 11.3 Å². The average Bonchev–Trinajstić information content (AvgIpc) is 3.33. The highest BCUT2D eigenvalue weighted by Crippen LogP contribution is 2.27. The largest absolute Gasteiger partial charge is 0.349 e. The minimum Gasteiger partial charge on any atom is -0.349 e. The lowest BCUT2D eigenvalue weighted by Crippen LogP contribution is -2.23.